The summed E-state index contributed by atoms with van der Waals surface area (Å²) in [6, 6.07) is 4.54. The summed E-state index contributed by atoms with van der Waals surface area (Å²) in [6.45, 7) is 0.659. The fourth-order valence-electron chi connectivity index (χ4n) is 3.67. The van der Waals surface area contributed by atoms with Gasteiger partial charge in [0.1, 0.15) is 10.8 Å². The fraction of sp³-hybridized carbons (Fsp3) is 0.500. The first-order valence-corrected chi connectivity index (χ1v) is 9.59. The van der Waals surface area contributed by atoms with Gasteiger partial charge >= 0.3 is 6.61 Å². The molecule has 8 heteroatoms. The number of hydrogen-bond donors (Lipinski definition) is 2. The molecule has 0 unspecified atom stereocenters. The molecule has 0 aliphatic heterocycles. The minimum absolute atomic E-state index is 0.0188. The molecule has 1 saturated carbocycles. The van der Waals surface area contributed by atoms with Gasteiger partial charge in [0.25, 0.3) is 5.91 Å². The van der Waals surface area contributed by atoms with Crippen molar-refractivity contribution in [2.45, 2.75) is 57.8 Å². The van der Waals surface area contributed by atoms with Gasteiger partial charge < -0.3 is 15.2 Å². The average molecular weight is 413 g/mol. The molecule has 1 fully saturated rings. The number of hydrogen-bond acceptors (Lipinski definition) is 4. The number of aromatic nitrogens is 1. The van der Waals surface area contributed by atoms with Crippen LogP contribution >= 0.6 is 11.6 Å². The zero-order chi connectivity index (χ0) is 20.5. The number of amides is 1. The molecule has 3 rings (SSSR count). The molecule has 5 nitrogen and oxygen atoms in total. The minimum Gasteiger partial charge on any atom is -0.433 e. The summed E-state index contributed by atoms with van der Waals surface area (Å²) in [6.07, 6.45) is 4.70. The summed E-state index contributed by atoms with van der Waals surface area (Å²) >= 11 is 6.08. The van der Waals surface area contributed by atoms with E-state index in [2.05, 4.69) is 15.0 Å². The summed E-state index contributed by atoms with van der Waals surface area (Å²) < 4.78 is 29.2. The van der Waals surface area contributed by atoms with Crippen molar-refractivity contribution in [3.05, 3.63) is 35.0 Å². The molecule has 1 heterocycles. The van der Waals surface area contributed by atoms with E-state index in [1.165, 1.54) is 18.3 Å². The van der Waals surface area contributed by atoms with Gasteiger partial charge in [0.05, 0.1) is 16.7 Å². The second-order valence-electron chi connectivity index (χ2n) is 7.73. The van der Waals surface area contributed by atoms with Crippen LogP contribution in [0.4, 0.5) is 8.78 Å². The van der Waals surface area contributed by atoms with Crippen LogP contribution in [0.1, 0.15) is 49.9 Å². The largest absolute Gasteiger partial charge is 0.433 e. The van der Waals surface area contributed by atoms with Crippen molar-refractivity contribution in [3.8, 4) is 5.75 Å². The molecule has 152 valence electrons. The molecule has 1 aromatic heterocycles. The third-order valence-corrected chi connectivity index (χ3v) is 5.66. The molecule has 28 heavy (non-hydrogen) atoms. The zero-order valence-electron chi connectivity index (χ0n) is 15.7. The van der Waals surface area contributed by atoms with Crippen molar-refractivity contribution < 1.29 is 23.4 Å². The number of benzene rings is 1. The Bertz CT molecular complexity index is 862. The highest BCUT2D eigenvalue weighted by atomic mass is 35.5. The number of aliphatic hydroxyl groups is 1. The average Bonchev–Trinajstić information content (AvgIpc) is 2.63. The molecule has 2 aromatic rings. The summed E-state index contributed by atoms with van der Waals surface area (Å²) in [5, 5.41) is 13.7. The number of carbonyl (C=O) groups is 1. The van der Waals surface area contributed by atoms with Crippen molar-refractivity contribution >= 4 is 28.4 Å². The predicted octanol–water partition coefficient (Wildman–Crippen LogP) is 4.55. The lowest BCUT2D eigenvalue weighted by atomic mass is 9.77. The second-order valence-corrected chi connectivity index (χ2v) is 8.11. The number of pyridine rings is 1. The molecule has 1 aliphatic rings. The normalized spacial score (nSPS) is 20.4. The standard InChI is InChI=1S/C20H23ClF2N2O3/c1-20(2,27)13-4-6-14(7-5-13)25-18(26)12-9-11-3-8-15(28-19(22)23)16(21)17(11)24-10-12/h3,8-10,13-14,19,27H,4-7H2,1-2H3,(H,25,26)/t13-,14-. The molecular weight excluding hydrogens is 390 g/mol. The topological polar surface area (TPSA) is 71.5 Å². The van der Waals surface area contributed by atoms with Gasteiger partial charge in [-0.3, -0.25) is 9.78 Å². The number of nitrogens with zero attached hydrogens (tertiary/aromatic N) is 1. The van der Waals surface area contributed by atoms with Gasteiger partial charge in [-0.25, -0.2) is 0 Å². The number of nitrogens with one attached hydrogen (secondary N) is 1. The molecule has 0 radical (unpaired) electrons. The minimum atomic E-state index is -2.98. The summed E-state index contributed by atoms with van der Waals surface area (Å²) in [4.78, 5) is 16.7. The maximum atomic E-state index is 12.6. The Morgan fingerprint density at radius 1 is 1.32 bits per heavy atom. The molecule has 1 aromatic carbocycles. The van der Waals surface area contributed by atoms with E-state index in [0.29, 0.717) is 16.5 Å². The molecule has 0 saturated heterocycles. The van der Waals surface area contributed by atoms with Crippen LogP contribution < -0.4 is 10.1 Å². The summed E-state index contributed by atoms with van der Waals surface area (Å²) in [5.41, 5.74) is -0.0404. The fourth-order valence-corrected chi connectivity index (χ4v) is 3.94. The number of halogens is 3. The quantitative estimate of drug-likeness (QED) is 0.755. The summed E-state index contributed by atoms with van der Waals surface area (Å²) in [7, 11) is 0. The molecule has 1 amide bonds. The molecule has 1 aliphatic carbocycles. The van der Waals surface area contributed by atoms with Gasteiger partial charge in [-0.1, -0.05) is 11.6 Å². The predicted molar refractivity (Wildman–Crippen MR) is 103 cm³/mol. The van der Waals surface area contributed by atoms with Crippen LogP contribution in [0.2, 0.25) is 5.02 Å². The Morgan fingerprint density at radius 3 is 2.61 bits per heavy atom. The number of carbonyl (C=O) groups excluding carboxylic acids is 1. The number of fused-ring (bicyclic) bond motifs is 1. The molecule has 2 N–H and O–H groups in total. The van der Waals surface area contributed by atoms with Crippen molar-refractivity contribution in [1.82, 2.24) is 10.3 Å². The first-order valence-electron chi connectivity index (χ1n) is 9.21. The molecule has 0 atom stereocenters. The number of ether oxygens (including phenoxy) is 1. The van der Waals surface area contributed by atoms with Crippen molar-refractivity contribution in [2.24, 2.45) is 5.92 Å². The molecule has 0 bridgehead atoms. The van der Waals surface area contributed by atoms with Crippen LogP contribution in [0.25, 0.3) is 10.9 Å². The van der Waals surface area contributed by atoms with Crippen molar-refractivity contribution in [3.63, 3.8) is 0 Å². The van der Waals surface area contributed by atoms with E-state index >= 15 is 0 Å². The van der Waals surface area contributed by atoms with Crippen LogP contribution in [0.5, 0.6) is 5.75 Å². The monoisotopic (exact) mass is 412 g/mol. The van der Waals surface area contributed by atoms with Gasteiger partial charge in [-0.15, -0.1) is 0 Å². The zero-order valence-corrected chi connectivity index (χ0v) is 16.5. The van der Waals surface area contributed by atoms with E-state index < -0.39 is 12.2 Å². The van der Waals surface area contributed by atoms with Crippen LogP contribution in [0.15, 0.2) is 24.4 Å². The number of rotatable bonds is 5. The van der Waals surface area contributed by atoms with E-state index in [4.69, 9.17) is 11.6 Å². The van der Waals surface area contributed by atoms with Crippen LogP contribution in [0, 0.1) is 5.92 Å². The lowest BCUT2D eigenvalue weighted by Crippen LogP contribution is -2.41. The van der Waals surface area contributed by atoms with Crippen molar-refractivity contribution in [1.29, 1.82) is 0 Å². The van der Waals surface area contributed by atoms with Gasteiger partial charge in [0.2, 0.25) is 0 Å². The smallest absolute Gasteiger partial charge is 0.387 e. The maximum Gasteiger partial charge on any atom is 0.387 e. The van der Waals surface area contributed by atoms with Crippen LogP contribution in [-0.2, 0) is 0 Å². The first-order chi connectivity index (χ1) is 13.1. The van der Waals surface area contributed by atoms with E-state index in [1.54, 1.807) is 6.07 Å². The van der Waals surface area contributed by atoms with Gasteiger partial charge in [-0.05, 0) is 63.6 Å². The van der Waals surface area contributed by atoms with Crippen molar-refractivity contribution in [2.75, 3.05) is 0 Å². The van der Waals surface area contributed by atoms with Gasteiger partial charge in [-0.2, -0.15) is 8.78 Å². The molecular formula is C20H23ClF2N2O3. The van der Waals surface area contributed by atoms with Gasteiger partial charge in [0, 0.05) is 17.6 Å². The third kappa shape index (κ3) is 4.70. The van der Waals surface area contributed by atoms with E-state index in [9.17, 15) is 18.7 Å². The number of alkyl halides is 2. The highest BCUT2D eigenvalue weighted by Crippen LogP contribution is 2.34. The Hall–Kier alpha value is -1.99. The Kier molecular flexibility index (Phi) is 6.05. The lowest BCUT2D eigenvalue weighted by Gasteiger charge is -2.36. The van der Waals surface area contributed by atoms with E-state index in [-0.39, 0.29) is 28.6 Å². The van der Waals surface area contributed by atoms with Gasteiger partial charge in [0.15, 0.2) is 0 Å². The second kappa shape index (κ2) is 8.17. The van der Waals surface area contributed by atoms with E-state index in [0.717, 1.165) is 25.7 Å². The third-order valence-electron chi connectivity index (χ3n) is 5.30. The maximum absolute atomic E-state index is 12.6. The Morgan fingerprint density at radius 2 is 2.00 bits per heavy atom. The Labute approximate surface area is 167 Å². The van der Waals surface area contributed by atoms with E-state index in [1.807, 2.05) is 13.8 Å². The molecule has 0 spiro atoms. The Balaban J connectivity index is 1.69. The summed E-state index contributed by atoms with van der Waals surface area (Å²) in [5.74, 6) is -0.169. The van der Waals surface area contributed by atoms with Crippen LogP contribution in [0.3, 0.4) is 0 Å². The lowest BCUT2D eigenvalue weighted by molar-refractivity contribution is -0.0497. The SMILES string of the molecule is CC(C)(O)[C@H]1CC[C@H](NC(=O)c2cnc3c(Cl)c(OC(F)F)ccc3c2)CC1. The first kappa shape index (κ1) is 20.7. The highest BCUT2D eigenvalue weighted by molar-refractivity contribution is 6.36. The highest BCUT2D eigenvalue weighted by Gasteiger charge is 2.31. The van der Waals surface area contributed by atoms with Crippen LogP contribution in [-0.4, -0.2) is 34.3 Å².